The Hall–Kier alpha value is -3.01. The summed E-state index contributed by atoms with van der Waals surface area (Å²) in [5.74, 6) is -0.208. The van der Waals surface area contributed by atoms with Crippen LogP contribution in [0, 0.1) is 0 Å². The van der Waals surface area contributed by atoms with Crippen molar-refractivity contribution in [2.45, 2.75) is 49.2 Å². The highest BCUT2D eigenvalue weighted by atomic mass is 32.7. The summed E-state index contributed by atoms with van der Waals surface area (Å²) in [7, 11) is -3.04. The number of thiol groups is 1. The standard InChI is InChI=1S/C20H23BF2N10O9P2S/c21-43(35)37-1-6-13(9(23)19(39-6)33-5-29-11-16(33)30-20(25)31-17(11)34)42-44(36,45)38-2-7-12(41-43)8(22)18(40-7)32-4-28-10-14(24)26-3-27-15(10)32/h3-9,12-13,18-19H,1-2,21H2,(H,36,45)(H2,24,26,27)(H3,25,30,31,34)/t6-,7-,8-,9-,12-,13-,18-,19-,43+,44?/m1/s1. The number of ether oxygens (including phenoxy) is 2. The minimum atomic E-state index is -4.42. The van der Waals surface area contributed by atoms with Crippen LogP contribution in [-0.2, 0) is 36.7 Å². The number of fused-ring (bicyclic) bond motifs is 4. The molecule has 0 saturated carbocycles. The van der Waals surface area contributed by atoms with E-state index in [-0.39, 0.29) is 34.1 Å². The molecule has 0 aromatic carbocycles. The molecule has 4 aromatic heterocycles. The zero-order valence-electron chi connectivity index (χ0n) is 22.8. The number of nitrogen functional groups attached to an aromatic ring is 2. The summed E-state index contributed by atoms with van der Waals surface area (Å²) in [5.41, 5.74) is 10.9. The minimum absolute atomic E-state index is 0.0503. The van der Waals surface area contributed by atoms with Crippen molar-refractivity contribution in [1.82, 2.24) is 39.0 Å². The maximum atomic E-state index is 16.0. The molecule has 0 amide bonds. The summed E-state index contributed by atoms with van der Waals surface area (Å²) in [6.07, 6.45) is -9.53. The number of imidazole rings is 2. The topological polar surface area (TPSA) is 249 Å². The van der Waals surface area contributed by atoms with Gasteiger partial charge >= 0.3 is 6.80 Å². The second-order valence-electron chi connectivity index (χ2n) is 10.3. The predicted octanol–water partition coefficient (Wildman–Crippen LogP) is 0.191. The van der Waals surface area contributed by atoms with Crippen LogP contribution in [0.2, 0.25) is 0 Å². The fraction of sp³-hybridized carbons (Fsp3) is 0.500. The molecule has 0 bridgehead atoms. The number of halogens is 2. The van der Waals surface area contributed by atoms with Crippen molar-refractivity contribution < 1.29 is 45.5 Å². The third-order valence-electron chi connectivity index (χ3n) is 7.36. The van der Waals surface area contributed by atoms with Crippen LogP contribution < -0.4 is 17.0 Å². The molecule has 19 nitrogen and oxygen atoms in total. The Bertz CT molecular complexity index is 1950. The van der Waals surface area contributed by atoms with E-state index < -0.39 is 82.3 Å². The summed E-state index contributed by atoms with van der Waals surface area (Å²) < 4.78 is 94.8. The van der Waals surface area contributed by atoms with Gasteiger partial charge in [0.05, 0.1) is 25.9 Å². The van der Waals surface area contributed by atoms with E-state index in [0.29, 0.717) is 0 Å². The number of alkyl halides is 2. The van der Waals surface area contributed by atoms with E-state index in [1.165, 1.54) is 10.9 Å². The van der Waals surface area contributed by atoms with Gasteiger partial charge in [-0.05, 0) is 0 Å². The number of anilines is 2. The third-order valence-corrected chi connectivity index (χ3v) is 10.2. The summed E-state index contributed by atoms with van der Waals surface area (Å²) in [6.45, 7) is -5.70. The first-order valence-electron chi connectivity index (χ1n) is 13.1. The molecule has 3 aliphatic rings. The van der Waals surface area contributed by atoms with Crippen LogP contribution in [0.1, 0.15) is 12.5 Å². The Kier molecular flexibility index (Phi) is 7.53. The number of H-pyrrole nitrogens is 1. The lowest BCUT2D eigenvalue weighted by atomic mass is 10.1. The summed E-state index contributed by atoms with van der Waals surface area (Å²) in [6, 6.07) is 0. The maximum Gasteiger partial charge on any atom is 0.386 e. The number of hydrogen-bond acceptors (Lipinski definition) is 16. The van der Waals surface area contributed by atoms with Crippen molar-refractivity contribution in [3.8, 4) is 0 Å². The molecular formula is C20H23BF2N10O9P2S. The molecule has 1 unspecified atom stereocenters. The molecule has 0 radical (unpaired) electrons. The molecule has 3 fully saturated rings. The van der Waals surface area contributed by atoms with Crippen molar-refractivity contribution in [3.05, 3.63) is 29.3 Å². The van der Waals surface area contributed by atoms with E-state index in [0.717, 1.165) is 24.8 Å². The molecule has 3 aliphatic heterocycles. The Morgan fingerprint density at radius 3 is 2.20 bits per heavy atom. The van der Waals surface area contributed by atoms with Gasteiger partial charge in [0.15, 0.2) is 47.4 Å². The average Bonchev–Trinajstić information content (AvgIpc) is 3.72. The number of nitrogens with zero attached hydrogens (tertiary/aromatic N) is 7. The number of aromatic amines is 1. The van der Waals surface area contributed by atoms with Crippen molar-refractivity contribution >= 4 is 68.2 Å². The number of nitrogens with two attached hydrogens (primary N) is 2. The lowest BCUT2D eigenvalue weighted by Crippen LogP contribution is -2.37. The van der Waals surface area contributed by atoms with Gasteiger partial charge in [-0.15, -0.1) is 0 Å². The van der Waals surface area contributed by atoms with E-state index in [4.69, 9.17) is 39.0 Å². The lowest BCUT2D eigenvalue weighted by Gasteiger charge is -2.29. The molecule has 0 spiro atoms. The molecule has 10 atom stereocenters. The Balaban J connectivity index is 1.17. The highest BCUT2D eigenvalue weighted by Crippen LogP contribution is 2.58. The summed E-state index contributed by atoms with van der Waals surface area (Å²) in [4.78, 5) is 34.5. The van der Waals surface area contributed by atoms with Gasteiger partial charge in [0.2, 0.25) is 5.95 Å². The maximum absolute atomic E-state index is 16.0. The van der Waals surface area contributed by atoms with E-state index in [1.54, 1.807) is 0 Å². The van der Waals surface area contributed by atoms with Crippen LogP contribution in [0.5, 0.6) is 0 Å². The average molecular weight is 690 g/mol. The van der Waals surface area contributed by atoms with E-state index in [2.05, 4.69) is 42.2 Å². The van der Waals surface area contributed by atoms with Gasteiger partial charge < -0.3 is 30.0 Å². The molecule has 0 aliphatic carbocycles. The fourth-order valence-corrected chi connectivity index (χ4v) is 8.01. The molecule has 3 saturated heterocycles. The monoisotopic (exact) mass is 690 g/mol. The van der Waals surface area contributed by atoms with Crippen LogP contribution in [-0.4, -0.2) is 96.6 Å². The first-order valence-corrected chi connectivity index (χ1v) is 17.8. The Morgan fingerprint density at radius 1 is 0.911 bits per heavy atom. The molecule has 4 aromatic rings. The van der Waals surface area contributed by atoms with Gasteiger partial charge in [0, 0.05) is 0 Å². The normalized spacial score (nSPS) is 37.7. The van der Waals surface area contributed by atoms with Gasteiger partial charge in [-0.1, -0.05) is 12.2 Å². The van der Waals surface area contributed by atoms with Crippen molar-refractivity contribution in [2.75, 3.05) is 24.7 Å². The van der Waals surface area contributed by atoms with Crippen LogP contribution in [0.15, 0.2) is 23.8 Å². The molecule has 240 valence electrons. The highest BCUT2D eigenvalue weighted by Gasteiger charge is 2.54. The van der Waals surface area contributed by atoms with Crippen LogP contribution in [0.4, 0.5) is 20.5 Å². The zero-order valence-corrected chi connectivity index (χ0v) is 25.5. The minimum Gasteiger partial charge on any atom is -0.382 e. The van der Waals surface area contributed by atoms with Gasteiger partial charge in [-0.25, -0.2) is 33.3 Å². The smallest absolute Gasteiger partial charge is 0.382 e. The van der Waals surface area contributed by atoms with E-state index >= 15 is 8.78 Å². The Labute approximate surface area is 255 Å². The highest BCUT2D eigenvalue weighted by molar-refractivity contribution is 8.44. The Morgan fingerprint density at radius 2 is 1.51 bits per heavy atom. The summed E-state index contributed by atoms with van der Waals surface area (Å²) in [5, 5.41) is 0. The van der Waals surface area contributed by atoms with E-state index in [1.807, 2.05) is 0 Å². The largest absolute Gasteiger partial charge is 0.386 e. The van der Waals surface area contributed by atoms with Gasteiger partial charge in [0.25, 0.3) is 20.6 Å². The lowest BCUT2D eigenvalue weighted by molar-refractivity contribution is -0.0546. The second kappa shape index (κ2) is 11.1. The van der Waals surface area contributed by atoms with Gasteiger partial charge in [-0.3, -0.25) is 32.5 Å². The number of aromatic nitrogens is 8. The molecule has 7 heterocycles. The molecule has 25 heteroatoms. The quantitative estimate of drug-likeness (QED) is 0.125. The van der Waals surface area contributed by atoms with Crippen LogP contribution in [0.3, 0.4) is 0 Å². The molecule has 45 heavy (non-hydrogen) atoms. The first-order chi connectivity index (χ1) is 21.3. The number of rotatable bonds is 2. The van der Waals surface area contributed by atoms with Crippen molar-refractivity contribution in [3.63, 3.8) is 0 Å². The van der Waals surface area contributed by atoms with Crippen molar-refractivity contribution in [2.24, 2.45) is 0 Å². The SMILES string of the molecule is B[P@]1(=O)OC[C@H]2O[C@@H](n3cnc4c(=O)[nH]c(N)nc43)[C@H](F)[C@@H]2OP(=O)(S)OC[C@H]2O[C@@H](n3cnc4c(N)ncnc43)[C@H](F)[C@@H]2O1. The van der Waals surface area contributed by atoms with Crippen molar-refractivity contribution in [1.29, 1.82) is 0 Å². The number of hydrogen-bond donors (Lipinski definition) is 4. The number of nitrogens with one attached hydrogen (secondary N) is 1. The zero-order chi connectivity index (χ0) is 31.8. The van der Waals surface area contributed by atoms with E-state index in [9.17, 15) is 13.9 Å². The van der Waals surface area contributed by atoms with Gasteiger partial charge in [0.1, 0.15) is 36.3 Å². The molecule has 7 rings (SSSR count). The first kappa shape index (κ1) is 30.6. The summed E-state index contributed by atoms with van der Waals surface area (Å²) >= 11 is 3.98. The predicted molar refractivity (Wildman–Crippen MR) is 154 cm³/mol. The molecular weight excluding hydrogens is 667 g/mol. The van der Waals surface area contributed by atoms with Crippen LogP contribution in [0.25, 0.3) is 22.3 Å². The fourth-order valence-electron chi connectivity index (χ4n) is 5.35. The van der Waals surface area contributed by atoms with Crippen LogP contribution >= 0.6 is 26.5 Å². The second-order valence-corrected chi connectivity index (χ2v) is 15.2. The van der Waals surface area contributed by atoms with Gasteiger partial charge in [-0.2, -0.15) is 4.98 Å². The molecule has 5 N–H and O–H groups in total. The third kappa shape index (κ3) is 5.45.